The predicted octanol–water partition coefficient (Wildman–Crippen LogP) is 3.58. The van der Waals surface area contributed by atoms with Gasteiger partial charge in [-0.15, -0.1) is 5.10 Å². The van der Waals surface area contributed by atoms with Crippen molar-refractivity contribution in [2.45, 2.75) is 70.4 Å². The van der Waals surface area contributed by atoms with Gasteiger partial charge < -0.3 is 5.11 Å². The molecule has 0 spiro atoms. The summed E-state index contributed by atoms with van der Waals surface area (Å²) in [5.41, 5.74) is 0.819. The summed E-state index contributed by atoms with van der Waals surface area (Å²) in [6, 6.07) is 0. The molecule has 6 heteroatoms. The number of aromatic nitrogens is 3. The van der Waals surface area contributed by atoms with E-state index in [1.165, 1.54) is 10.3 Å². The first-order valence-corrected chi connectivity index (χ1v) is 10.9. The molecule has 3 fully saturated rings. The van der Waals surface area contributed by atoms with Crippen LogP contribution in [0.4, 0.5) is 4.39 Å². The molecular weight excluding hydrogens is 356 g/mol. The molecule has 5 nitrogen and oxygen atoms in total. The molecule has 4 aliphatic carbocycles. The molecule has 0 aliphatic heterocycles. The Balaban J connectivity index is 1.44. The van der Waals surface area contributed by atoms with E-state index in [9.17, 15) is 14.3 Å². The summed E-state index contributed by atoms with van der Waals surface area (Å²) in [4.78, 5) is 11.9. The first kappa shape index (κ1) is 18.5. The van der Waals surface area contributed by atoms with Crippen LogP contribution in [0.3, 0.4) is 0 Å². The van der Waals surface area contributed by atoms with Gasteiger partial charge in [0.05, 0.1) is 12.7 Å². The SMILES string of the molecule is C[C@]12CC[C@H]3[C@@H](CCC4=CC(=O)CC[C@@H]43)[C@@H]1CC[C@@]2(O)c1cn(CC[18F])nn1. The molecule has 0 radical (unpaired) electrons. The maximum Gasteiger partial charge on any atom is 0.155 e. The van der Waals surface area contributed by atoms with Gasteiger partial charge in [-0.2, -0.15) is 0 Å². The van der Waals surface area contributed by atoms with Gasteiger partial charge >= 0.3 is 0 Å². The fourth-order valence-electron chi connectivity index (χ4n) is 7.30. The Labute approximate surface area is 165 Å². The van der Waals surface area contributed by atoms with Crippen molar-refractivity contribution < 1.29 is 14.3 Å². The second kappa shape index (κ2) is 6.48. The zero-order valence-electron chi connectivity index (χ0n) is 16.6. The number of hydrogen-bond donors (Lipinski definition) is 1. The van der Waals surface area contributed by atoms with E-state index < -0.39 is 12.3 Å². The van der Waals surface area contributed by atoms with Crippen LogP contribution in [0.1, 0.15) is 64.0 Å². The Bertz CT molecular complexity index is 820. The number of alkyl halides is 1. The van der Waals surface area contributed by atoms with Gasteiger partial charge in [0.2, 0.25) is 0 Å². The summed E-state index contributed by atoms with van der Waals surface area (Å²) in [5.74, 6) is 2.61. The van der Waals surface area contributed by atoms with Gasteiger partial charge in [0.15, 0.2) is 5.78 Å². The highest BCUT2D eigenvalue weighted by Gasteiger charge is 2.63. The van der Waals surface area contributed by atoms with Gasteiger partial charge in [0.1, 0.15) is 18.0 Å². The Morgan fingerprint density at radius 1 is 1.21 bits per heavy atom. The number of carbonyl (C=O) groups excluding carboxylic acids is 1. The number of nitrogens with zero attached hydrogens (tertiary/aromatic N) is 3. The number of ketones is 1. The van der Waals surface area contributed by atoms with Gasteiger partial charge in [0.25, 0.3) is 0 Å². The molecule has 0 aromatic carbocycles. The lowest BCUT2D eigenvalue weighted by Crippen LogP contribution is -2.51. The summed E-state index contributed by atoms with van der Waals surface area (Å²) < 4.78 is 14.2. The number of allylic oxidation sites excluding steroid dienone is 1. The van der Waals surface area contributed by atoms with Crippen molar-refractivity contribution in [3.8, 4) is 0 Å². The maximum atomic E-state index is 12.7. The van der Waals surface area contributed by atoms with E-state index in [2.05, 4.69) is 17.2 Å². The van der Waals surface area contributed by atoms with E-state index in [4.69, 9.17) is 0 Å². The molecule has 0 bridgehead atoms. The van der Waals surface area contributed by atoms with Crippen molar-refractivity contribution in [1.82, 2.24) is 15.0 Å². The Morgan fingerprint density at radius 2 is 2.07 bits per heavy atom. The highest BCUT2D eigenvalue weighted by atomic mass is 18.2. The minimum atomic E-state index is -0.976. The van der Waals surface area contributed by atoms with Crippen LogP contribution in [-0.4, -0.2) is 32.6 Å². The monoisotopic (exact) mass is 386 g/mol. The van der Waals surface area contributed by atoms with Crippen LogP contribution < -0.4 is 0 Å². The van der Waals surface area contributed by atoms with Crippen LogP contribution in [0.5, 0.6) is 0 Å². The van der Waals surface area contributed by atoms with Crippen molar-refractivity contribution in [3.05, 3.63) is 23.5 Å². The smallest absolute Gasteiger partial charge is 0.155 e. The lowest BCUT2D eigenvalue weighted by molar-refractivity contribution is -0.126. The third-order valence-corrected chi connectivity index (χ3v) is 8.73. The standard InChI is InChI=1S/C22H30FN3O2/c1-21-8-6-17-16-5-3-15(27)12-14(16)2-4-18(17)19(21)7-9-22(21,28)20-13-26(11-10-23)25-24-20/h12-13,16-19,28H,2-11H2,1H3/t16-,17+,18+,19-,21-,22+/m0/s1/i23-1. The van der Waals surface area contributed by atoms with Gasteiger partial charge in [-0.05, 0) is 74.7 Å². The van der Waals surface area contributed by atoms with Crippen LogP contribution in [-0.2, 0) is 16.9 Å². The van der Waals surface area contributed by atoms with Gasteiger partial charge in [-0.3, -0.25) is 4.79 Å². The summed E-state index contributed by atoms with van der Waals surface area (Å²) in [6.45, 7) is 1.94. The maximum absolute atomic E-state index is 12.7. The van der Waals surface area contributed by atoms with Gasteiger partial charge in [0, 0.05) is 11.8 Å². The number of aryl methyl sites for hydroxylation is 1. The lowest BCUT2D eigenvalue weighted by Gasteiger charge is -2.55. The van der Waals surface area contributed by atoms with Crippen molar-refractivity contribution in [2.75, 3.05) is 6.67 Å². The van der Waals surface area contributed by atoms with E-state index >= 15 is 0 Å². The minimum absolute atomic E-state index is 0.184. The summed E-state index contributed by atoms with van der Waals surface area (Å²) in [6.07, 6.45) is 11.3. The number of aliphatic hydroxyl groups is 1. The zero-order chi connectivity index (χ0) is 19.5. The quantitative estimate of drug-likeness (QED) is 0.862. The van der Waals surface area contributed by atoms with Crippen LogP contribution in [0, 0.1) is 29.1 Å². The van der Waals surface area contributed by atoms with Crippen LogP contribution in [0.25, 0.3) is 0 Å². The Morgan fingerprint density at radius 3 is 2.89 bits per heavy atom. The first-order chi connectivity index (χ1) is 13.5. The van der Waals surface area contributed by atoms with E-state index in [1.807, 2.05) is 6.08 Å². The molecule has 5 rings (SSSR count). The van der Waals surface area contributed by atoms with Gasteiger partial charge in [-0.25, -0.2) is 9.07 Å². The number of rotatable bonds is 3. The molecule has 1 aromatic rings. The molecular formula is C22H30FN3O2. The van der Waals surface area contributed by atoms with Crippen molar-refractivity contribution in [3.63, 3.8) is 0 Å². The molecule has 0 unspecified atom stereocenters. The molecule has 1 heterocycles. The molecule has 152 valence electrons. The molecule has 1 N–H and O–H groups in total. The fourth-order valence-corrected chi connectivity index (χ4v) is 7.30. The molecule has 28 heavy (non-hydrogen) atoms. The van der Waals surface area contributed by atoms with Crippen LogP contribution in [0.15, 0.2) is 17.8 Å². The first-order valence-electron chi connectivity index (χ1n) is 10.9. The van der Waals surface area contributed by atoms with Crippen molar-refractivity contribution >= 4 is 5.78 Å². The molecule has 0 saturated heterocycles. The van der Waals surface area contributed by atoms with E-state index in [0.717, 1.165) is 38.5 Å². The second-order valence-corrected chi connectivity index (χ2v) is 9.71. The largest absolute Gasteiger partial charge is 0.383 e. The summed E-state index contributed by atoms with van der Waals surface area (Å²) in [5, 5.41) is 20.1. The van der Waals surface area contributed by atoms with Crippen molar-refractivity contribution in [2.24, 2.45) is 29.1 Å². The molecule has 4 aliphatic rings. The highest BCUT2D eigenvalue weighted by molar-refractivity contribution is 5.91. The average molecular weight is 387 g/mol. The lowest BCUT2D eigenvalue weighted by atomic mass is 9.50. The van der Waals surface area contributed by atoms with Crippen LogP contribution in [0.2, 0.25) is 0 Å². The number of fused-ring (bicyclic) bond motifs is 5. The molecule has 6 atom stereocenters. The second-order valence-electron chi connectivity index (χ2n) is 9.71. The number of hydrogen-bond acceptors (Lipinski definition) is 4. The fraction of sp³-hybridized carbons (Fsp3) is 0.773. The van der Waals surface area contributed by atoms with E-state index in [1.54, 1.807) is 6.20 Å². The van der Waals surface area contributed by atoms with E-state index in [0.29, 0.717) is 48.0 Å². The number of halogens is 1. The topological polar surface area (TPSA) is 68.0 Å². The third kappa shape index (κ3) is 2.49. The Kier molecular flexibility index (Phi) is 4.27. The highest BCUT2D eigenvalue weighted by Crippen LogP contribution is 2.67. The van der Waals surface area contributed by atoms with Crippen molar-refractivity contribution in [1.29, 1.82) is 0 Å². The van der Waals surface area contributed by atoms with Gasteiger partial charge in [-0.1, -0.05) is 17.7 Å². The Hall–Kier alpha value is -1.56. The van der Waals surface area contributed by atoms with E-state index in [-0.39, 0.29) is 12.0 Å². The predicted molar refractivity (Wildman–Crippen MR) is 102 cm³/mol. The normalized spacial score (nSPS) is 42.5. The molecule has 1 aromatic heterocycles. The summed E-state index contributed by atoms with van der Waals surface area (Å²) >= 11 is 0. The zero-order valence-corrected chi connectivity index (χ0v) is 16.6. The van der Waals surface area contributed by atoms with Crippen LogP contribution >= 0.6 is 0 Å². The third-order valence-electron chi connectivity index (χ3n) is 8.73. The molecule has 0 amide bonds. The minimum Gasteiger partial charge on any atom is -0.383 e. The molecule has 3 saturated carbocycles. The number of carbonyl (C=O) groups is 1. The average Bonchev–Trinajstić information content (AvgIpc) is 3.25. The summed E-state index contributed by atoms with van der Waals surface area (Å²) in [7, 11) is 0.